The number of amides is 1. The Balaban J connectivity index is 1.87. The predicted octanol–water partition coefficient (Wildman–Crippen LogP) is 2.85. The summed E-state index contributed by atoms with van der Waals surface area (Å²) < 4.78 is 1.72. The lowest BCUT2D eigenvalue weighted by Crippen LogP contribution is -2.33. The molecule has 0 saturated carbocycles. The minimum Gasteiger partial charge on any atom is -0.479 e. The summed E-state index contributed by atoms with van der Waals surface area (Å²) in [6.45, 7) is 1.93. The van der Waals surface area contributed by atoms with Crippen LogP contribution in [0.5, 0.6) is 0 Å². The number of halogens is 1. The normalized spacial score (nSPS) is 12.1. The third-order valence-electron chi connectivity index (χ3n) is 3.56. The fraction of sp³-hybridized carbons (Fsp3) is 0.118. The van der Waals surface area contributed by atoms with Crippen molar-refractivity contribution in [2.75, 3.05) is 0 Å². The van der Waals surface area contributed by atoms with Crippen LogP contribution in [0.2, 0.25) is 5.02 Å². The van der Waals surface area contributed by atoms with Crippen molar-refractivity contribution in [3.05, 3.63) is 70.6 Å². The van der Waals surface area contributed by atoms with Gasteiger partial charge < -0.3 is 14.8 Å². The molecule has 1 aromatic carbocycles. The van der Waals surface area contributed by atoms with Gasteiger partial charge in [0.2, 0.25) is 0 Å². The minimum atomic E-state index is -1.18. The summed E-state index contributed by atoms with van der Waals surface area (Å²) in [6, 6.07) is 8.78. The molecule has 0 aliphatic heterocycles. The van der Waals surface area contributed by atoms with E-state index in [1.165, 1.54) is 0 Å². The second kappa shape index (κ2) is 6.33. The van der Waals surface area contributed by atoms with Crippen molar-refractivity contribution in [3.8, 4) is 0 Å². The van der Waals surface area contributed by atoms with E-state index in [4.69, 9.17) is 11.6 Å². The van der Waals surface area contributed by atoms with E-state index < -0.39 is 17.9 Å². The molecule has 0 fully saturated rings. The number of nitrogens with one attached hydrogen (secondary N) is 1. The Morgan fingerprint density at radius 2 is 1.88 bits per heavy atom. The van der Waals surface area contributed by atoms with Crippen molar-refractivity contribution in [2.24, 2.45) is 0 Å². The topological polar surface area (TPSA) is 83.7 Å². The van der Waals surface area contributed by atoms with Gasteiger partial charge in [0, 0.05) is 17.4 Å². The number of aromatic nitrogens is 2. The maximum absolute atomic E-state index is 12.4. The summed E-state index contributed by atoms with van der Waals surface area (Å²) in [6.07, 6.45) is 3.41. The molecule has 0 radical (unpaired) electrons. The summed E-state index contributed by atoms with van der Waals surface area (Å²) >= 11 is 5.81. The molecule has 2 N–H and O–H groups in total. The number of imidazole rings is 1. The number of nitrogens with zero attached hydrogens (tertiary/aromatic N) is 2. The standard InChI is InChI=1S/C17H14ClN3O3/c1-10-2-7-14-19-13(9-21(14)8-10)16(22)20-15(17(23)24)11-3-5-12(18)6-4-11/h2-9,15H,1H3,(H,20,22)(H,23,24)/t15-/m1/s1. The second-order valence-electron chi connectivity index (χ2n) is 5.39. The summed E-state index contributed by atoms with van der Waals surface area (Å²) in [5.41, 5.74) is 2.22. The molecule has 122 valence electrons. The average molecular weight is 344 g/mol. The van der Waals surface area contributed by atoms with Crippen LogP contribution in [0.4, 0.5) is 0 Å². The second-order valence-corrected chi connectivity index (χ2v) is 5.83. The maximum Gasteiger partial charge on any atom is 0.330 e. The van der Waals surface area contributed by atoms with E-state index in [0.717, 1.165) is 5.56 Å². The molecule has 1 amide bonds. The van der Waals surface area contributed by atoms with Crippen molar-refractivity contribution in [2.45, 2.75) is 13.0 Å². The van der Waals surface area contributed by atoms with Gasteiger partial charge in [-0.3, -0.25) is 4.79 Å². The van der Waals surface area contributed by atoms with Crippen molar-refractivity contribution >= 4 is 29.1 Å². The van der Waals surface area contributed by atoms with E-state index in [-0.39, 0.29) is 5.69 Å². The fourth-order valence-corrected chi connectivity index (χ4v) is 2.49. The van der Waals surface area contributed by atoms with Crippen molar-refractivity contribution < 1.29 is 14.7 Å². The van der Waals surface area contributed by atoms with E-state index in [1.807, 2.05) is 19.2 Å². The third kappa shape index (κ3) is 3.23. The first-order valence-electron chi connectivity index (χ1n) is 7.18. The number of carboxylic acids is 1. The zero-order valence-electron chi connectivity index (χ0n) is 12.7. The van der Waals surface area contributed by atoms with Gasteiger partial charge in [-0.15, -0.1) is 0 Å². The number of carboxylic acid groups (broad SMARTS) is 1. The highest BCUT2D eigenvalue weighted by molar-refractivity contribution is 6.30. The number of benzene rings is 1. The Labute approximate surface area is 142 Å². The van der Waals surface area contributed by atoms with Gasteiger partial charge in [0.1, 0.15) is 11.3 Å². The predicted molar refractivity (Wildman–Crippen MR) is 89.2 cm³/mol. The molecule has 24 heavy (non-hydrogen) atoms. The molecule has 2 heterocycles. The number of rotatable bonds is 4. The molecule has 1 atom stereocenters. The van der Waals surface area contributed by atoms with Crippen molar-refractivity contribution in [1.29, 1.82) is 0 Å². The Kier molecular flexibility index (Phi) is 4.22. The molecule has 6 nitrogen and oxygen atoms in total. The highest BCUT2D eigenvalue weighted by Gasteiger charge is 2.23. The highest BCUT2D eigenvalue weighted by atomic mass is 35.5. The zero-order valence-corrected chi connectivity index (χ0v) is 13.5. The largest absolute Gasteiger partial charge is 0.479 e. The van der Waals surface area contributed by atoms with Gasteiger partial charge in [-0.1, -0.05) is 29.8 Å². The van der Waals surface area contributed by atoms with E-state index >= 15 is 0 Å². The Morgan fingerprint density at radius 1 is 1.17 bits per heavy atom. The minimum absolute atomic E-state index is 0.154. The van der Waals surface area contributed by atoms with Crippen LogP contribution in [0.3, 0.4) is 0 Å². The number of hydrogen-bond donors (Lipinski definition) is 2. The summed E-state index contributed by atoms with van der Waals surface area (Å²) in [4.78, 5) is 28.1. The van der Waals surface area contributed by atoms with Crippen LogP contribution in [-0.2, 0) is 4.79 Å². The molecule has 0 aliphatic rings. The van der Waals surface area contributed by atoms with E-state index in [1.54, 1.807) is 40.9 Å². The molecule has 3 rings (SSSR count). The first kappa shape index (κ1) is 16.0. The molecular formula is C17H14ClN3O3. The lowest BCUT2D eigenvalue weighted by Gasteiger charge is -2.14. The highest BCUT2D eigenvalue weighted by Crippen LogP contribution is 2.18. The molecule has 3 aromatic rings. The van der Waals surface area contributed by atoms with Crippen LogP contribution in [0.15, 0.2) is 48.8 Å². The number of carbonyl (C=O) groups excluding carboxylic acids is 1. The molecule has 2 aromatic heterocycles. The number of aliphatic carboxylic acids is 1. The van der Waals surface area contributed by atoms with Crippen LogP contribution in [0.1, 0.15) is 27.7 Å². The number of carbonyl (C=O) groups is 2. The lowest BCUT2D eigenvalue weighted by atomic mass is 10.1. The maximum atomic E-state index is 12.4. The summed E-state index contributed by atoms with van der Waals surface area (Å²) in [7, 11) is 0. The van der Waals surface area contributed by atoms with Crippen LogP contribution >= 0.6 is 11.6 Å². The Hall–Kier alpha value is -2.86. The molecule has 0 aliphatic carbocycles. The van der Waals surface area contributed by atoms with Gasteiger partial charge in [0.05, 0.1) is 0 Å². The van der Waals surface area contributed by atoms with Crippen LogP contribution in [0, 0.1) is 6.92 Å². The fourth-order valence-electron chi connectivity index (χ4n) is 2.36. The van der Waals surface area contributed by atoms with Gasteiger partial charge >= 0.3 is 5.97 Å². The first-order valence-corrected chi connectivity index (χ1v) is 7.56. The Morgan fingerprint density at radius 3 is 2.54 bits per heavy atom. The van der Waals surface area contributed by atoms with Crippen LogP contribution in [-0.4, -0.2) is 26.4 Å². The van der Waals surface area contributed by atoms with Gasteiger partial charge in [-0.25, -0.2) is 9.78 Å². The van der Waals surface area contributed by atoms with Crippen molar-refractivity contribution in [1.82, 2.24) is 14.7 Å². The number of hydrogen-bond acceptors (Lipinski definition) is 3. The quantitative estimate of drug-likeness (QED) is 0.763. The van der Waals surface area contributed by atoms with E-state index in [2.05, 4.69) is 10.3 Å². The SMILES string of the molecule is Cc1ccc2nc(C(=O)N[C@@H](C(=O)O)c3ccc(Cl)cc3)cn2c1. The summed E-state index contributed by atoms with van der Waals surface area (Å²) in [5, 5.41) is 12.4. The van der Waals surface area contributed by atoms with Crippen LogP contribution in [0.25, 0.3) is 5.65 Å². The van der Waals surface area contributed by atoms with Crippen molar-refractivity contribution in [3.63, 3.8) is 0 Å². The zero-order chi connectivity index (χ0) is 17.3. The monoisotopic (exact) mass is 343 g/mol. The van der Waals surface area contributed by atoms with Gasteiger partial charge in [0.25, 0.3) is 5.91 Å². The van der Waals surface area contributed by atoms with Crippen LogP contribution < -0.4 is 5.32 Å². The van der Waals surface area contributed by atoms with E-state index in [0.29, 0.717) is 16.2 Å². The number of fused-ring (bicyclic) bond motifs is 1. The molecule has 0 bridgehead atoms. The molecule has 0 saturated heterocycles. The first-order chi connectivity index (χ1) is 11.4. The third-order valence-corrected chi connectivity index (χ3v) is 3.81. The Bertz CT molecular complexity index is 918. The number of pyridine rings is 1. The van der Waals surface area contributed by atoms with Gasteiger partial charge in [-0.05, 0) is 36.2 Å². The lowest BCUT2D eigenvalue weighted by molar-refractivity contribution is -0.139. The summed E-state index contributed by atoms with van der Waals surface area (Å²) in [5.74, 6) is -1.72. The molecule has 0 unspecified atom stereocenters. The average Bonchev–Trinajstić information content (AvgIpc) is 2.96. The molecule has 7 heteroatoms. The number of aryl methyl sites for hydroxylation is 1. The van der Waals surface area contributed by atoms with E-state index in [9.17, 15) is 14.7 Å². The molecule has 0 spiro atoms. The molecular weight excluding hydrogens is 330 g/mol. The smallest absolute Gasteiger partial charge is 0.330 e. The van der Waals surface area contributed by atoms with Gasteiger partial charge in [-0.2, -0.15) is 0 Å². The van der Waals surface area contributed by atoms with Gasteiger partial charge in [0.15, 0.2) is 6.04 Å².